The van der Waals surface area contributed by atoms with Gasteiger partial charge in [0.2, 0.25) is 0 Å². The molecule has 2 aromatic heterocycles. The summed E-state index contributed by atoms with van der Waals surface area (Å²) in [6.07, 6.45) is 3.27. The first-order valence-corrected chi connectivity index (χ1v) is 10.7. The molecule has 0 aliphatic carbocycles. The highest BCUT2D eigenvalue weighted by Gasteiger charge is 2.25. The van der Waals surface area contributed by atoms with Crippen LogP contribution in [0.25, 0.3) is 0 Å². The van der Waals surface area contributed by atoms with Crippen LogP contribution in [0, 0.1) is 6.92 Å². The van der Waals surface area contributed by atoms with Crippen molar-refractivity contribution in [3.63, 3.8) is 0 Å². The summed E-state index contributed by atoms with van der Waals surface area (Å²) in [6, 6.07) is 11.1. The molecule has 2 amide bonds. The Kier molecular flexibility index (Phi) is 6.08. The molecule has 160 valence electrons. The molecule has 1 atom stereocenters. The largest absolute Gasteiger partial charge is 0.364 e. The number of hydrogen-bond donors (Lipinski definition) is 3. The molecule has 4 N–H and O–H groups in total. The molecule has 0 bridgehead atoms. The number of nitrogens with zero attached hydrogens (tertiary/aromatic N) is 4. The number of aromatic nitrogens is 3. The maximum atomic E-state index is 12.8. The van der Waals surface area contributed by atoms with Crippen LogP contribution in [0.4, 0.5) is 16.6 Å². The first-order valence-electron chi connectivity index (χ1n) is 9.97. The average molecular weight is 438 g/mol. The van der Waals surface area contributed by atoms with Gasteiger partial charge >= 0.3 is 0 Å². The quantitative estimate of drug-likeness (QED) is 0.541. The third-order valence-electron chi connectivity index (χ3n) is 4.96. The van der Waals surface area contributed by atoms with E-state index in [1.807, 2.05) is 48.2 Å². The lowest BCUT2D eigenvalue weighted by Crippen LogP contribution is -2.45. The minimum Gasteiger partial charge on any atom is -0.364 e. The number of piperidine rings is 1. The van der Waals surface area contributed by atoms with Crippen LogP contribution < -0.4 is 16.4 Å². The maximum absolute atomic E-state index is 12.8. The lowest BCUT2D eigenvalue weighted by atomic mass is 10.0. The number of likely N-dealkylation sites (tertiary alicyclic amines) is 1. The van der Waals surface area contributed by atoms with Crippen molar-refractivity contribution in [2.45, 2.75) is 25.8 Å². The van der Waals surface area contributed by atoms with E-state index in [0.29, 0.717) is 17.9 Å². The number of carbonyl (C=O) groups is 2. The van der Waals surface area contributed by atoms with Gasteiger partial charge in [-0.1, -0.05) is 18.2 Å². The highest BCUT2D eigenvalue weighted by Crippen LogP contribution is 2.24. The van der Waals surface area contributed by atoms with E-state index in [4.69, 9.17) is 5.73 Å². The molecular formula is C21H23N7O2S. The van der Waals surface area contributed by atoms with E-state index in [1.54, 1.807) is 0 Å². The van der Waals surface area contributed by atoms with Gasteiger partial charge in [-0.05, 0) is 49.5 Å². The van der Waals surface area contributed by atoms with Crippen LogP contribution in [0.15, 0.2) is 42.6 Å². The van der Waals surface area contributed by atoms with Crippen molar-refractivity contribution in [3.8, 4) is 0 Å². The summed E-state index contributed by atoms with van der Waals surface area (Å²) in [5.41, 5.74) is 7.06. The van der Waals surface area contributed by atoms with E-state index in [9.17, 15) is 9.59 Å². The van der Waals surface area contributed by atoms with Crippen LogP contribution in [-0.4, -0.2) is 50.2 Å². The Balaban J connectivity index is 1.48. The number of benzene rings is 1. The molecule has 9 nitrogen and oxygen atoms in total. The fraction of sp³-hybridized carbons (Fsp3) is 0.286. The number of aryl methyl sites for hydroxylation is 1. The first-order chi connectivity index (χ1) is 15.0. The fourth-order valence-electron chi connectivity index (χ4n) is 3.52. The zero-order chi connectivity index (χ0) is 21.8. The van der Waals surface area contributed by atoms with Crippen LogP contribution in [0.3, 0.4) is 0 Å². The van der Waals surface area contributed by atoms with Crippen molar-refractivity contribution in [1.29, 1.82) is 0 Å². The highest BCUT2D eigenvalue weighted by atomic mass is 32.1. The Labute approximate surface area is 183 Å². The van der Waals surface area contributed by atoms with Crippen LogP contribution in [-0.2, 0) is 0 Å². The number of primary amides is 1. The Morgan fingerprint density at radius 3 is 2.77 bits per heavy atom. The van der Waals surface area contributed by atoms with Gasteiger partial charge in [0, 0.05) is 24.7 Å². The fourth-order valence-corrected chi connectivity index (χ4v) is 4.18. The Morgan fingerprint density at radius 1 is 1.26 bits per heavy atom. The van der Waals surface area contributed by atoms with Crippen LogP contribution in [0.5, 0.6) is 0 Å². The highest BCUT2D eigenvalue weighted by molar-refractivity contribution is 7.10. The Bertz CT molecular complexity index is 1090. The maximum Gasteiger partial charge on any atom is 0.271 e. The van der Waals surface area contributed by atoms with Crippen LogP contribution in [0.2, 0.25) is 0 Å². The zero-order valence-corrected chi connectivity index (χ0v) is 17.9. The molecule has 0 saturated carbocycles. The molecule has 0 spiro atoms. The number of anilines is 3. The summed E-state index contributed by atoms with van der Waals surface area (Å²) in [7, 11) is 0. The number of amides is 2. The third-order valence-corrected chi connectivity index (χ3v) is 5.75. The summed E-state index contributed by atoms with van der Waals surface area (Å²) in [5, 5.41) is 7.16. The number of nitrogens with one attached hydrogen (secondary N) is 2. The second-order valence-corrected chi connectivity index (χ2v) is 8.18. The van der Waals surface area contributed by atoms with Gasteiger partial charge in [0.15, 0.2) is 11.5 Å². The van der Waals surface area contributed by atoms with Crippen molar-refractivity contribution >= 4 is 40.0 Å². The monoisotopic (exact) mass is 437 g/mol. The lowest BCUT2D eigenvalue weighted by Gasteiger charge is -2.33. The van der Waals surface area contributed by atoms with Gasteiger partial charge in [0.25, 0.3) is 11.8 Å². The van der Waals surface area contributed by atoms with Gasteiger partial charge in [-0.15, -0.1) is 0 Å². The normalized spacial score (nSPS) is 16.0. The Morgan fingerprint density at radius 2 is 2.06 bits per heavy atom. The zero-order valence-electron chi connectivity index (χ0n) is 17.0. The SMILES string of the molecule is Cc1cc(Nc2nc(N[C@@H]3CCCN(C(=O)c4ccccc4)C3)cnc2C(N)=O)sn1. The summed E-state index contributed by atoms with van der Waals surface area (Å²) < 4.78 is 4.21. The molecule has 1 aromatic carbocycles. The van der Waals surface area contributed by atoms with Crippen molar-refractivity contribution < 1.29 is 9.59 Å². The second-order valence-electron chi connectivity index (χ2n) is 7.37. The first kappa shape index (κ1) is 20.7. The molecular weight excluding hydrogens is 414 g/mol. The van der Waals surface area contributed by atoms with Crippen LogP contribution in [0.1, 0.15) is 39.4 Å². The number of hydrogen-bond acceptors (Lipinski definition) is 8. The summed E-state index contributed by atoms with van der Waals surface area (Å²) in [6.45, 7) is 3.16. The number of carbonyl (C=O) groups excluding carboxylic acids is 2. The second kappa shape index (κ2) is 9.09. The average Bonchev–Trinajstić information content (AvgIpc) is 3.18. The topological polar surface area (TPSA) is 126 Å². The van der Waals surface area contributed by atoms with E-state index in [0.717, 1.165) is 30.1 Å². The molecule has 0 unspecified atom stereocenters. The molecule has 1 aliphatic rings. The third kappa shape index (κ3) is 4.97. The predicted octanol–water partition coefficient (Wildman–Crippen LogP) is 2.80. The van der Waals surface area contributed by atoms with E-state index in [2.05, 4.69) is 25.0 Å². The minimum atomic E-state index is -0.667. The van der Waals surface area contributed by atoms with Crippen LogP contribution >= 0.6 is 11.5 Å². The number of rotatable bonds is 6. The van der Waals surface area contributed by atoms with Gasteiger partial charge in [-0.2, -0.15) is 4.37 Å². The van der Waals surface area contributed by atoms with Gasteiger partial charge < -0.3 is 21.3 Å². The molecule has 0 radical (unpaired) electrons. The molecule has 31 heavy (non-hydrogen) atoms. The van der Waals surface area contributed by atoms with E-state index >= 15 is 0 Å². The predicted molar refractivity (Wildman–Crippen MR) is 120 cm³/mol. The van der Waals surface area contributed by atoms with Crippen molar-refractivity contribution in [1.82, 2.24) is 19.2 Å². The Hall–Kier alpha value is -3.53. The van der Waals surface area contributed by atoms with Crippen molar-refractivity contribution in [3.05, 3.63) is 59.5 Å². The molecule has 3 heterocycles. The molecule has 3 aromatic rings. The summed E-state index contributed by atoms with van der Waals surface area (Å²) in [4.78, 5) is 35.1. The lowest BCUT2D eigenvalue weighted by molar-refractivity contribution is 0.0714. The van der Waals surface area contributed by atoms with E-state index < -0.39 is 5.91 Å². The van der Waals surface area contributed by atoms with Crippen molar-refractivity contribution in [2.24, 2.45) is 5.73 Å². The standard InChI is InChI=1S/C21H23N7O2S/c1-13-10-17(31-27-13)26-20-18(19(22)29)23-11-16(25-20)24-15-8-5-9-28(12-15)21(30)14-6-3-2-4-7-14/h2-4,6-7,10-11,15H,5,8-9,12H2,1H3,(H2,22,29)(H2,24,25,26)/t15-/m1/s1. The van der Waals surface area contributed by atoms with E-state index in [-0.39, 0.29) is 23.5 Å². The van der Waals surface area contributed by atoms with Crippen molar-refractivity contribution in [2.75, 3.05) is 23.7 Å². The minimum absolute atomic E-state index is 0.0187. The van der Waals surface area contributed by atoms with E-state index in [1.165, 1.54) is 17.7 Å². The summed E-state index contributed by atoms with van der Waals surface area (Å²) in [5.74, 6) is 0.132. The van der Waals surface area contributed by atoms with Gasteiger partial charge in [0.1, 0.15) is 10.8 Å². The number of nitrogens with two attached hydrogens (primary N) is 1. The van der Waals surface area contributed by atoms with Gasteiger partial charge in [-0.3, -0.25) is 9.59 Å². The molecule has 4 rings (SSSR count). The molecule has 1 fully saturated rings. The molecule has 1 aliphatic heterocycles. The molecule has 10 heteroatoms. The summed E-state index contributed by atoms with van der Waals surface area (Å²) >= 11 is 1.26. The smallest absolute Gasteiger partial charge is 0.271 e. The molecule has 1 saturated heterocycles. The van der Waals surface area contributed by atoms with Gasteiger partial charge in [-0.25, -0.2) is 9.97 Å². The van der Waals surface area contributed by atoms with Gasteiger partial charge in [0.05, 0.1) is 11.9 Å².